The van der Waals surface area contributed by atoms with E-state index >= 15 is 0 Å². The second kappa shape index (κ2) is 6.26. The van der Waals surface area contributed by atoms with Crippen molar-refractivity contribution in [2.24, 2.45) is 0 Å². The number of methoxy groups -OCH3 is 1. The largest absolute Gasteiger partial charge is 0.496 e. The van der Waals surface area contributed by atoms with E-state index in [0.717, 1.165) is 6.07 Å². The molecule has 0 saturated carbocycles. The Balaban J connectivity index is 2.23. The number of rotatable bonds is 4. The van der Waals surface area contributed by atoms with E-state index < -0.39 is 11.7 Å². The number of halogens is 4. The third-order valence-electron chi connectivity index (χ3n) is 2.94. The second-order valence-corrected chi connectivity index (χ2v) is 4.79. The second-order valence-electron chi connectivity index (χ2n) is 4.35. The van der Waals surface area contributed by atoms with Gasteiger partial charge in [0.25, 0.3) is 0 Å². The number of ether oxygens (including phenoxy) is 1. The first-order chi connectivity index (χ1) is 9.91. The summed E-state index contributed by atoms with van der Waals surface area (Å²) in [6.45, 7) is 0.177. The van der Waals surface area contributed by atoms with E-state index in [9.17, 15) is 13.2 Å². The summed E-state index contributed by atoms with van der Waals surface area (Å²) in [5, 5.41) is 3.28. The molecule has 0 radical (unpaired) electrons. The van der Waals surface area contributed by atoms with Crippen LogP contribution in [0.1, 0.15) is 11.1 Å². The highest BCUT2D eigenvalue weighted by atomic mass is 35.5. The molecule has 0 aliphatic carbocycles. The SMILES string of the molecule is COc1ccc(Cl)cc1CNc1ccccc1C(F)(F)F. The quantitative estimate of drug-likeness (QED) is 0.859. The van der Waals surface area contributed by atoms with Gasteiger partial charge in [0.1, 0.15) is 5.75 Å². The molecule has 2 aromatic carbocycles. The number of hydrogen-bond donors (Lipinski definition) is 1. The third kappa shape index (κ3) is 3.82. The number of nitrogens with one attached hydrogen (secondary N) is 1. The first kappa shape index (κ1) is 15.5. The van der Waals surface area contributed by atoms with Gasteiger partial charge in [-0.05, 0) is 30.3 Å². The van der Waals surface area contributed by atoms with Gasteiger partial charge in [0.15, 0.2) is 0 Å². The van der Waals surface area contributed by atoms with Crippen molar-refractivity contribution in [1.29, 1.82) is 0 Å². The van der Waals surface area contributed by atoms with E-state index in [1.54, 1.807) is 24.3 Å². The first-order valence-electron chi connectivity index (χ1n) is 6.14. The van der Waals surface area contributed by atoms with Crippen LogP contribution in [0.25, 0.3) is 0 Å². The Labute approximate surface area is 125 Å². The van der Waals surface area contributed by atoms with Crippen molar-refractivity contribution in [1.82, 2.24) is 0 Å². The van der Waals surface area contributed by atoms with E-state index in [-0.39, 0.29) is 12.2 Å². The molecule has 0 atom stereocenters. The molecule has 0 spiro atoms. The highest BCUT2D eigenvalue weighted by molar-refractivity contribution is 6.30. The molecule has 2 aromatic rings. The van der Waals surface area contributed by atoms with Crippen molar-refractivity contribution >= 4 is 17.3 Å². The predicted molar refractivity (Wildman–Crippen MR) is 76.8 cm³/mol. The van der Waals surface area contributed by atoms with Gasteiger partial charge < -0.3 is 10.1 Å². The van der Waals surface area contributed by atoms with Gasteiger partial charge in [0.2, 0.25) is 0 Å². The van der Waals surface area contributed by atoms with Gasteiger partial charge in [-0.1, -0.05) is 23.7 Å². The van der Waals surface area contributed by atoms with Crippen molar-refractivity contribution in [3.8, 4) is 5.75 Å². The summed E-state index contributed by atoms with van der Waals surface area (Å²) in [4.78, 5) is 0. The van der Waals surface area contributed by atoms with Gasteiger partial charge in [0.05, 0.1) is 12.7 Å². The summed E-state index contributed by atoms with van der Waals surface area (Å²) in [6.07, 6.45) is -4.40. The number of para-hydroxylation sites is 1. The summed E-state index contributed by atoms with van der Waals surface area (Å²) in [6, 6.07) is 10.3. The maximum Gasteiger partial charge on any atom is 0.418 e. The van der Waals surface area contributed by atoms with Crippen LogP contribution in [-0.4, -0.2) is 7.11 Å². The molecule has 0 aromatic heterocycles. The molecular weight excluding hydrogens is 303 g/mol. The normalized spacial score (nSPS) is 11.3. The Hall–Kier alpha value is -1.88. The molecule has 0 amide bonds. The maximum atomic E-state index is 12.9. The van der Waals surface area contributed by atoms with Gasteiger partial charge in [-0.25, -0.2) is 0 Å². The minimum absolute atomic E-state index is 0.0204. The molecule has 2 nitrogen and oxygen atoms in total. The van der Waals surface area contributed by atoms with Crippen LogP contribution in [0.15, 0.2) is 42.5 Å². The van der Waals surface area contributed by atoms with Crippen LogP contribution in [0.4, 0.5) is 18.9 Å². The van der Waals surface area contributed by atoms with Crippen LogP contribution in [-0.2, 0) is 12.7 Å². The Morgan fingerprint density at radius 1 is 1.14 bits per heavy atom. The summed E-state index contributed by atoms with van der Waals surface area (Å²) in [5.74, 6) is 0.566. The molecule has 0 unspecified atom stereocenters. The van der Waals surface area contributed by atoms with Crippen molar-refractivity contribution in [3.63, 3.8) is 0 Å². The molecule has 1 N–H and O–H groups in total. The van der Waals surface area contributed by atoms with Crippen LogP contribution in [0.2, 0.25) is 5.02 Å². The fraction of sp³-hybridized carbons (Fsp3) is 0.200. The van der Waals surface area contributed by atoms with Gasteiger partial charge >= 0.3 is 6.18 Å². The molecule has 6 heteroatoms. The average molecular weight is 316 g/mol. The standard InChI is InChI=1S/C15H13ClF3NO/c1-21-14-7-6-11(16)8-10(14)9-20-13-5-3-2-4-12(13)15(17,18)19/h2-8,20H,9H2,1H3. The molecule has 21 heavy (non-hydrogen) atoms. The van der Waals surface area contributed by atoms with Crippen LogP contribution >= 0.6 is 11.6 Å². The molecule has 0 saturated heterocycles. The predicted octanol–water partition coefficient (Wildman–Crippen LogP) is 4.98. The monoisotopic (exact) mass is 315 g/mol. The molecule has 0 aliphatic rings. The van der Waals surface area contributed by atoms with E-state index in [1.807, 2.05) is 0 Å². The number of benzene rings is 2. The van der Waals surface area contributed by atoms with Crippen LogP contribution < -0.4 is 10.1 Å². The van der Waals surface area contributed by atoms with Crippen molar-refractivity contribution in [2.75, 3.05) is 12.4 Å². The third-order valence-corrected chi connectivity index (χ3v) is 3.18. The van der Waals surface area contributed by atoms with Gasteiger partial charge in [-0.3, -0.25) is 0 Å². The Kier molecular flexibility index (Phi) is 4.63. The van der Waals surface area contributed by atoms with Crippen LogP contribution in [0.3, 0.4) is 0 Å². The highest BCUT2D eigenvalue weighted by Gasteiger charge is 2.33. The van der Waals surface area contributed by atoms with Crippen LogP contribution in [0.5, 0.6) is 5.75 Å². The summed E-state index contributed by atoms with van der Waals surface area (Å²) >= 11 is 5.90. The van der Waals surface area contributed by atoms with Gasteiger partial charge in [0, 0.05) is 22.8 Å². The van der Waals surface area contributed by atoms with E-state index in [2.05, 4.69) is 5.32 Å². The Morgan fingerprint density at radius 2 is 1.86 bits per heavy atom. The Morgan fingerprint density at radius 3 is 2.52 bits per heavy atom. The first-order valence-corrected chi connectivity index (χ1v) is 6.52. The smallest absolute Gasteiger partial charge is 0.418 e. The zero-order chi connectivity index (χ0) is 15.5. The lowest BCUT2D eigenvalue weighted by Crippen LogP contribution is -2.11. The molecule has 2 rings (SSSR count). The molecule has 0 bridgehead atoms. The topological polar surface area (TPSA) is 21.3 Å². The molecule has 112 valence electrons. The van der Waals surface area contributed by atoms with Gasteiger partial charge in [-0.15, -0.1) is 0 Å². The maximum absolute atomic E-state index is 12.9. The lowest BCUT2D eigenvalue weighted by molar-refractivity contribution is -0.136. The number of hydrogen-bond acceptors (Lipinski definition) is 2. The zero-order valence-electron chi connectivity index (χ0n) is 11.2. The van der Waals surface area contributed by atoms with Crippen molar-refractivity contribution < 1.29 is 17.9 Å². The van der Waals surface area contributed by atoms with E-state index in [0.29, 0.717) is 16.3 Å². The number of alkyl halides is 3. The summed E-state index contributed by atoms with van der Waals surface area (Å²) in [5.41, 5.74) is 0.000000945. The highest BCUT2D eigenvalue weighted by Crippen LogP contribution is 2.35. The summed E-state index contributed by atoms with van der Waals surface area (Å²) < 4.78 is 43.9. The van der Waals surface area contributed by atoms with Crippen molar-refractivity contribution in [2.45, 2.75) is 12.7 Å². The molecule has 0 fully saturated rings. The zero-order valence-corrected chi connectivity index (χ0v) is 11.9. The van der Waals surface area contributed by atoms with E-state index in [4.69, 9.17) is 16.3 Å². The molecule has 0 heterocycles. The van der Waals surface area contributed by atoms with E-state index in [1.165, 1.54) is 19.2 Å². The fourth-order valence-electron chi connectivity index (χ4n) is 1.96. The average Bonchev–Trinajstić information content (AvgIpc) is 2.44. The van der Waals surface area contributed by atoms with Crippen LogP contribution in [0, 0.1) is 0 Å². The van der Waals surface area contributed by atoms with Crippen molar-refractivity contribution in [3.05, 3.63) is 58.6 Å². The number of anilines is 1. The fourth-order valence-corrected chi connectivity index (χ4v) is 2.15. The molecule has 0 aliphatic heterocycles. The minimum Gasteiger partial charge on any atom is -0.496 e. The lowest BCUT2D eigenvalue weighted by Gasteiger charge is -2.15. The molecular formula is C15H13ClF3NO. The van der Waals surface area contributed by atoms with Gasteiger partial charge in [-0.2, -0.15) is 13.2 Å². The Bertz CT molecular complexity index is 629. The lowest BCUT2D eigenvalue weighted by atomic mass is 10.1. The minimum atomic E-state index is -4.40. The summed E-state index contributed by atoms with van der Waals surface area (Å²) in [7, 11) is 1.50.